The summed E-state index contributed by atoms with van der Waals surface area (Å²) in [7, 11) is 0. The summed E-state index contributed by atoms with van der Waals surface area (Å²) < 4.78 is 4.95. The van der Waals surface area contributed by atoms with Crippen LogP contribution in [0.2, 0.25) is 0 Å². The van der Waals surface area contributed by atoms with Crippen LogP contribution < -0.4 is 10.6 Å². The lowest BCUT2D eigenvalue weighted by Gasteiger charge is -2.19. The third kappa shape index (κ3) is 21.8. The molecule has 2 rings (SSSR count). The van der Waals surface area contributed by atoms with Crippen LogP contribution in [0.15, 0.2) is 54.7 Å². The summed E-state index contributed by atoms with van der Waals surface area (Å²) >= 11 is 3.74. The first-order chi connectivity index (χ1) is 15.0. The molecule has 0 aliphatic carbocycles. The molecule has 0 bridgehead atoms. The van der Waals surface area contributed by atoms with Crippen LogP contribution in [0.25, 0.3) is 0 Å². The van der Waals surface area contributed by atoms with Crippen molar-refractivity contribution in [1.82, 2.24) is 10.3 Å². The second kappa shape index (κ2) is 18.9. The van der Waals surface area contributed by atoms with Crippen molar-refractivity contribution in [3.63, 3.8) is 0 Å². The largest absolute Gasteiger partial charge is 0.459 e. The number of esters is 1. The Kier molecular flexibility index (Phi) is 18.5. The fourth-order valence-corrected chi connectivity index (χ4v) is 1.87. The predicted octanol–water partition coefficient (Wildman–Crippen LogP) is 4.44. The number of nitrogens with zero attached hydrogens (tertiary/aromatic N) is 1. The van der Waals surface area contributed by atoms with Crippen molar-refractivity contribution < 1.29 is 19.1 Å². The minimum Gasteiger partial charge on any atom is -0.459 e. The number of hydrogen-bond acceptors (Lipinski definition) is 6. The fraction of sp³-hybridized carbons (Fsp3) is 0.417. The predicted molar refractivity (Wildman–Crippen MR) is 134 cm³/mol. The molecule has 7 nitrogen and oxygen atoms in total. The van der Waals surface area contributed by atoms with E-state index in [2.05, 4.69) is 47.3 Å². The molecule has 2 amide bonds. The zero-order valence-electron chi connectivity index (χ0n) is 20.1. The van der Waals surface area contributed by atoms with E-state index >= 15 is 0 Å². The van der Waals surface area contributed by atoms with Crippen molar-refractivity contribution in [3.05, 3.63) is 60.3 Å². The molecule has 32 heavy (non-hydrogen) atoms. The smallest absolute Gasteiger partial charge is 0.325 e. The summed E-state index contributed by atoms with van der Waals surface area (Å²) in [6, 6.07) is 15.6. The number of nitrogens with one attached hydrogen (secondary N) is 2. The molecular weight excluding hydrogens is 426 g/mol. The molecule has 0 unspecified atom stereocenters. The van der Waals surface area contributed by atoms with Gasteiger partial charge in [-0.25, -0.2) is 4.98 Å². The van der Waals surface area contributed by atoms with Crippen LogP contribution in [-0.2, 0) is 19.1 Å². The van der Waals surface area contributed by atoms with Gasteiger partial charge in [-0.3, -0.25) is 14.4 Å². The van der Waals surface area contributed by atoms with Crippen LogP contribution in [0, 0.1) is 6.92 Å². The standard InChI is InChI=1S/C8H15NO3S.C7H8N2O.C7H8.C2H6/c1-8(2,3)12-7(11)4-9-6(10)5-13;1-6(10)9-7-4-2-3-5-8-7;1-7-5-3-2-4-6-7;1-2/h13H,4-5H2,1-3H3,(H,9,10);2-5H,1H3,(H,8,9,10);2-6H,1H3;1-2H3. The lowest BCUT2D eigenvalue weighted by molar-refractivity contribution is -0.154. The Labute approximate surface area is 197 Å². The molecule has 0 saturated heterocycles. The highest BCUT2D eigenvalue weighted by atomic mass is 32.1. The second-order valence-corrected chi connectivity index (χ2v) is 7.39. The number of thiol groups is 1. The van der Waals surface area contributed by atoms with Gasteiger partial charge in [0.05, 0.1) is 5.75 Å². The van der Waals surface area contributed by atoms with Crippen molar-refractivity contribution >= 4 is 36.2 Å². The van der Waals surface area contributed by atoms with Gasteiger partial charge in [0.2, 0.25) is 11.8 Å². The summed E-state index contributed by atoms with van der Waals surface area (Å²) in [4.78, 5) is 36.1. The van der Waals surface area contributed by atoms with Gasteiger partial charge in [-0.05, 0) is 39.8 Å². The van der Waals surface area contributed by atoms with Crippen LogP contribution in [0.3, 0.4) is 0 Å². The highest BCUT2D eigenvalue weighted by molar-refractivity contribution is 7.81. The molecule has 1 heterocycles. The maximum atomic E-state index is 11.0. The molecule has 2 N–H and O–H groups in total. The Morgan fingerprint density at radius 1 is 1.00 bits per heavy atom. The summed E-state index contributed by atoms with van der Waals surface area (Å²) in [6.07, 6.45) is 1.63. The van der Waals surface area contributed by atoms with Gasteiger partial charge in [0.1, 0.15) is 18.0 Å². The lowest BCUT2D eigenvalue weighted by Crippen LogP contribution is -2.35. The molecule has 0 fully saturated rings. The number of rotatable bonds is 4. The highest BCUT2D eigenvalue weighted by Crippen LogP contribution is 2.06. The van der Waals surface area contributed by atoms with E-state index in [9.17, 15) is 14.4 Å². The van der Waals surface area contributed by atoms with Crippen molar-refractivity contribution in [1.29, 1.82) is 0 Å². The van der Waals surface area contributed by atoms with Gasteiger partial charge in [0.15, 0.2) is 0 Å². The van der Waals surface area contributed by atoms with Gasteiger partial charge in [-0.2, -0.15) is 12.6 Å². The number of amides is 2. The van der Waals surface area contributed by atoms with Gasteiger partial charge >= 0.3 is 5.97 Å². The van der Waals surface area contributed by atoms with E-state index in [4.69, 9.17) is 4.74 Å². The molecule has 0 saturated carbocycles. The van der Waals surface area contributed by atoms with Crippen LogP contribution in [0.1, 0.15) is 47.1 Å². The number of benzene rings is 1. The maximum absolute atomic E-state index is 11.0. The summed E-state index contributed by atoms with van der Waals surface area (Å²) in [5.41, 5.74) is 0.811. The lowest BCUT2D eigenvalue weighted by atomic mass is 10.2. The van der Waals surface area contributed by atoms with E-state index in [-0.39, 0.29) is 24.1 Å². The summed E-state index contributed by atoms with van der Waals surface area (Å²) in [6.45, 7) is 12.7. The number of aromatic nitrogens is 1. The van der Waals surface area contributed by atoms with Crippen molar-refractivity contribution in [2.45, 2.75) is 54.1 Å². The molecule has 8 heteroatoms. The average molecular weight is 464 g/mol. The molecule has 178 valence electrons. The monoisotopic (exact) mass is 463 g/mol. The SMILES string of the molecule is CC.CC(=O)Nc1ccccn1.CC(C)(C)OC(=O)CNC(=O)CS.Cc1ccccc1. The highest BCUT2D eigenvalue weighted by Gasteiger charge is 2.16. The molecule has 2 aromatic rings. The van der Waals surface area contributed by atoms with Crippen LogP contribution in [0.5, 0.6) is 0 Å². The number of anilines is 1. The maximum Gasteiger partial charge on any atom is 0.325 e. The van der Waals surface area contributed by atoms with Crippen molar-refractivity contribution in [2.24, 2.45) is 0 Å². The molecule has 0 spiro atoms. The van der Waals surface area contributed by atoms with Gasteiger partial charge in [-0.15, -0.1) is 0 Å². The molecule has 0 radical (unpaired) electrons. The number of carbonyl (C=O) groups excluding carboxylic acids is 3. The van der Waals surface area contributed by atoms with Gasteiger partial charge in [-0.1, -0.05) is 55.8 Å². The first-order valence-electron chi connectivity index (χ1n) is 10.3. The van der Waals surface area contributed by atoms with Crippen molar-refractivity contribution in [3.8, 4) is 0 Å². The third-order valence-corrected chi connectivity index (χ3v) is 3.19. The van der Waals surface area contributed by atoms with Gasteiger partial charge < -0.3 is 15.4 Å². The van der Waals surface area contributed by atoms with Gasteiger partial charge in [0.25, 0.3) is 0 Å². The molecule has 0 aliphatic rings. The number of aryl methyl sites for hydroxylation is 1. The van der Waals surface area contributed by atoms with E-state index in [0.29, 0.717) is 5.82 Å². The molecule has 0 aliphatic heterocycles. The number of hydrogen-bond donors (Lipinski definition) is 3. The Morgan fingerprint density at radius 3 is 1.94 bits per heavy atom. The normalized spacial score (nSPS) is 9.25. The van der Waals surface area contributed by atoms with Crippen molar-refractivity contribution in [2.75, 3.05) is 17.6 Å². The topological polar surface area (TPSA) is 97.4 Å². The quantitative estimate of drug-likeness (QED) is 0.460. The Morgan fingerprint density at radius 2 is 1.56 bits per heavy atom. The van der Waals surface area contributed by atoms with Crippen LogP contribution in [-0.4, -0.2) is 40.7 Å². The van der Waals surface area contributed by atoms with E-state index in [0.717, 1.165) is 0 Å². The van der Waals surface area contributed by atoms with E-state index in [1.807, 2.05) is 38.1 Å². The zero-order chi connectivity index (χ0) is 25.0. The fourth-order valence-electron chi connectivity index (χ4n) is 1.76. The second-order valence-electron chi connectivity index (χ2n) is 7.07. The number of ether oxygens (including phenoxy) is 1. The molecular formula is C24H37N3O4S. The number of carbonyl (C=O) groups is 3. The molecule has 1 aromatic carbocycles. The first-order valence-corrected chi connectivity index (χ1v) is 11.0. The summed E-state index contributed by atoms with van der Waals surface area (Å²) in [5, 5.41) is 4.92. The van der Waals surface area contributed by atoms with E-state index in [1.54, 1.807) is 39.1 Å². The third-order valence-electron chi connectivity index (χ3n) is 2.90. The Hall–Kier alpha value is -2.87. The van der Waals surface area contributed by atoms with Crippen LogP contribution in [0.4, 0.5) is 5.82 Å². The van der Waals surface area contributed by atoms with E-state index in [1.165, 1.54) is 12.5 Å². The Bertz CT molecular complexity index is 764. The minimum atomic E-state index is -0.511. The summed E-state index contributed by atoms with van der Waals surface area (Å²) in [5.74, 6) is -0.159. The zero-order valence-corrected chi connectivity index (χ0v) is 21.0. The minimum absolute atomic E-state index is 0.0722. The van der Waals surface area contributed by atoms with E-state index < -0.39 is 11.6 Å². The number of pyridine rings is 1. The first kappa shape index (κ1) is 31.3. The molecule has 1 aromatic heterocycles. The van der Waals surface area contributed by atoms with Crippen LogP contribution >= 0.6 is 12.6 Å². The Balaban J connectivity index is 0. The molecule has 0 atom stereocenters. The van der Waals surface area contributed by atoms with Gasteiger partial charge in [0, 0.05) is 13.1 Å². The average Bonchev–Trinajstić information content (AvgIpc) is 2.74.